The lowest BCUT2D eigenvalue weighted by Gasteiger charge is -2.22. The largest absolute Gasteiger partial charge is 0.466 e. The first-order valence-electron chi connectivity index (χ1n) is 37.2. The van der Waals surface area contributed by atoms with Crippen LogP contribution in [0.1, 0.15) is 412 Å². The quantitative estimate of drug-likeness (QED) is 0.0320. The van der Waals surface area contributed by atoms with Crippen LogP contribution in [0.15, 0.2) is 36.5 Å². The summed E-state index contributed by atoms with van der Waals surface area (Å²) < 4.78 is 5.50. The van der Waals surface area contributed by atoms with Crippen LogP contribution in [0.25, 0.3) is 0 Å². The third-order valence-electron chi connectivity index (χ3n) is 17.4. The number of carbonyl (C=O) groups excluding carboxylic acids is 2. The van der Waals surface area contributed by atoms with E-state index in [1.807, 2.05) is 0 Å². The molecule has 6 heteroatoms. The Morgan fingerprint density at radius 1 is 0.341 bits per heavy atom. The van der Waals surface area contributed by atoms with Crippen molar-refractivity contribution in [3.8, 4) is 0 Å². The zero-order chi connectivity index (χ0) is 59.2. The highest BCUT2D eigenvalue weighted by molar-refractivity contribution is 5.76. The lowest BCUT2D eigenvalue weighted by molar-refractivity contribution is -0.143. The van der Waals surface area contributed by atoms with Gasteiger partial charge in [-0.1, -0.05) is 352 Å². The summed E-state index contributed by atoms with van der Waals surface area (Å²) in [4.78, 5) is 24.6. The zero-order valence-corrected chi connectivity index (χ0v) is 55.5. The molecule has 0 aromatic heterocycles. The number of amides is 1. The van der Waals surface area contributed by atoms with E-state index in [4.69, 9.17) is 4.74 Å². The van der Waals surface area contributed by atoms with Gasteiger partial charge in [0.25, 0.3) is 0 Å². The summed E-state index contributed by atoms with van der Waals surface area (Å²) in [7, 11) is 0. The minimum absolute atomic E-state index is 0.00992. The maximum absolute atomic E-state index is 12.5. The van der Waals surface area contributed by atoms with E-state index in [1.165, 1.54) is 327 Å². The Morgan fingerprint density at radius 2 is 0.610 bits per heavy atom. The van der Waals surface area contributed by atoms with Crippen LogP contribution >= 0.6 is 0 Å². The lowest BCUT2D eigenvalue weighted by Crippen LogP contribution is -2.45. The van der Waals surface area contributed by atoms with E-state index in [-0.39, 0.29) is 18.5 Å². The first-order chi connectivity index (χ1) is 40.5. The number of esters is 1. The molecule has 0 spiro atoms. The maximum atomic E-state index is 12.5. The Morgan fingerprint density at radius 3 is 0.963 bits per heavy atom. The van der Waals surface area contributed by atoms with Gasteiger partial charge in [0.15, 0.2) is 0 Å². The highest BCUT2D eigenvalue weighted by Crippen LogP contribution is 2.19. The summed E-state index contributed by atoms with van der Waals surface area (Å²) in [6.45, 7) is 4.96. The molecule has 0 radical (unpaired) electrons. The predicted octanol–water partition coefficient (Wildman–Crippen LogP) is 24.3. The van der Waals surface area contributed by atoms with E-state index in [1.54, 1.807) is 0 Å². The van der Waals surface area contributed by atoms with Gasteiger partial charge in [0.05, 0.1) is 25.4 Å². The molecule has 484 valence electrons. The van der Waals surface area contributed by atoms with Crippen LogP contribution in [0.5, 0.6) is 0 Å². The van der Waals surface area contributed by atoms with Gasteiger partial charge in [-0.15, -0.1) is 0 Å². The third-order valence-corrected chi connectivity index (χ3v) is 17.4. The third kappa shape index (κ3) is 67.2. The molecule has 0 bridgehead atoms. The van der Waals surface area contributed by atoms with E-state index in [0.717, 1.165) is 51.4 Å². The first kappa shape index (κ1) is 80.1. The van der Waals surface area contributed by atoms with Crippen molar-refractivity contribution in [2.75, 3.05) is 13.2 Å². The van der Waals surface area contributed by atoms with Crippen LogP contribution in [-0.2, 0) is 14.3 Å². The van der Waals surface area contributed by atoms with E-state index < -0.39 is 12.1 Å². The minimum atomic E-state index is -0.664. The summed E-state index contributed by atoms with van der Waals surface area (Å²) in [5, 5.41) is 23.4. The van der Waals surface area contributed by atoms with Crippen LogP contribution < -0.4 is 5.32 Å². The molecule has 0 aliphatic rings. The molecule has 1 amide bonds. The normalized spacial score (nSPS) is 12.7. The molecule has 0 fully saturated rings. The van der Waals surface area contributed by atoms with E-state index in [2.05, 4.69) is 55.6 Å². The van der Waals surface area contributed by atoms with Gasteiger partial charge in [0.1, 0.15) is 0 Å². The fourth-order valence-electron chi connectivity index (χ4n) is 11.7. The molecule has 0 aliphatic heterocycles. The van der Waals surface area contributed by atoms with Crippen LogP contribution in [0.3, 0.4) is 0 Å². The van der Waals surface area contributed by atoms with Gasteiger partial charge in [-0.25, -0.2) is 0 Å². The van der Waals surface area contributed by atoms with Gasteiger partial charge in [0, 0.05) is 12.8 Å². The molecular weight excluding hydrogens is 1010 g/mol. The molecule has 82 heavy (non-hydrogen) atoms. The number of hydrogen-bond acceptors (Lipinski definition) is 5. The van der Waals surface area contributed by atoms with Gasteiger partial charge < -0.3 is 20.3 Å². The fraction of sp³-hybridized carbons (Fsp3) is 0.895. The lowest BCUT2D eigenvalue weighted by atomic mass is 10.0. The number of carbonyl (C=O) groups is 2. The van der Waals surface area contributed by atoms with Crippen LogP contribution in [0, 0.1) is 0 Å². The average Bonchev–Trinajstić information content (AvgIpc) is 3.48. The molecule has 6 nitrogen and oxygen atoms in total. The number of unbranched alkanes of at least 4 members (excludes halogenated alkanes) is 53. The molecule has 3 N–H and O–H groups in total. The minimum Gasteiger partial charge on any atom is -0.466 e. The second-order valence-electron chi connectivity index (χ2n) is 25.6. The molecule has 2 unspecified atom stereocenters. The summed E-state index contributed by atoms with van der Waals surface area (Å²) in [6.07, 6.45) is 92.1. The molecule has 0 aromatic carbocycles. The van der Waals surface area contributed by atoms with Crippen molar-refractivity contribution in [1.82, 2.24) is 5.32 Å². The van der Waals surface area contributed by atoms with Crippen molar-refractivity contribution in [3.05, 3.63) is 36.5 Å². The Labute approximate surface area is 513 Å². The summed E-state index contributed by atoms with van der Waals surface area (Å²) in [5.74, 6) is -0.0198. The molecule has 0 saturated carbocycles. The van der Waals surface area contributed by atoms with E-state index >= 15 is 0 Å². The second kappa shape index (κ2) is 71.6. The van der Waals surface area contributed by atoms with E-state index in [0.29, 0.717) is 25.9 Å². The number of aliphatic hydroxyl groups is 2. The van der Waals surface area contributed by atoms with Gasteiger partial charge in [-0.05, 0) is 83.5 Å². The standard InChI is InChI=1S/C76H145NO5/c1-3-5-7-9-11-13-15-17-19-21-37-40-44-48-52-56-60-64-68-74(79)73(72-78)77-75(80)69-65-61-57-53-49-45-41-38-34-32-30-28-26-24-22-23-25-27-29-31-33-35-39-43-47-51-55-59-63-67-71-82-76(81)70-66-62-58-54-50-46-42-36-20-18-16-14-12-10-8-6-4-2/h12,14,18,20,23,25,73-74,78-79H,3-11,13,15-17,19,21-22,24,26-72H2,1-2H3,(H,77,80)/b14-12-,20-18-,25-23-. The highest BCUT2D eigenvalue weighted by Gasteiger charge is 2.20. The van der Waals surface area contributed by atoms with Crippen molar-refractivity contribution in [3.63, 3.8) is 0 Å². The predicted molar refractivity (Wildman–Crippen MR) is 361 cm³/mol. The Balaban J connectivity index is 3.36. The molecular formula is C76H145NO5. The van der Waals surface area contributed by atoms with Gasteiger partial charge in [-0.2, -0.15) is 0 Å². The summed E-state index contributed by atoms with van der Waals surface area (Å²) in [5.41, 5.74) is 0. The van der Waals surface area contributed by atoms with E-state index in [9.17, 15) is 19.8 Å². The topological polar surface area (TPSA) is 95.9 Å². The van der Waals surface area contributed by atoms with Crippen molar-refractivity contribution in [1.29, 1.82) is 0 Å². The van der Waals surface area contributed by atoms with Gasteiger partial charge in [0.2, 0.25) is 5.91 Å². The van der Waals surface area contributed by atoms with Crippen LogP contribution in [0.2, 0.25) is 0 Å². The molecule has 0 rings (SSSR count). The SMILES string of the molecule is CCCCC/C=C\C/C=C\CCCCCCCCCC(=O)OCCCCCCCCCCCCCC/C=C\CCCCCCCCCCCCCCCCC(=O)NC(CO)C(O)CCCCCCCCCCCCCCCCCCCC. The van der Waals surface area contributed by atoms with Crippen LogP contribution in [-0.4, -0.2) is 47.4 Å². The monoisotopic (exact) mass is 1150 g/mol. The zero-order valence-electron chi connectivity index (χ0n) is 55.5. The number of allylic oxidation sites excluding steroid dienone is 6. The van der Waals surface area contributed by atoms with Crippen molar-refractivity contribution < 1.29 is 24.5 Å². The smallest absolute Gasteiger partial charge is 0.305 e. The maximum Gasteiger partial charge on any atom is 0.305 e. The number of rotatable bonds is 70. The average molecular weight is 1150 g/mol. The number of nitrogens with one attached hydrogen (secondary N) is 1. The molecule has 0 saturated heterocycles. The molecule has 2 atom stereocenters. The van der Waals surface area contributed by atoms with Crippen LogP contribution in [0.4, 0.5) is 0 Å². The fourth-order valence-corrected chi connectivity index (χ4v) is 11.7. The highest BCUT2D eigenvalue weighted by atomic mass is 16.5. The molecule has 0 aromatic rings. The number of aliphatic hydroxyl groups excluding tert-OH is 2. The molecule has 0 heterocycles. The van der Waals surface area contributed by atoms with Gasteiger partial charge >= 0.3 is 5.97 Å². The van der Waals surface area contributed by atoms with Crippen molar-refractivity contribution in [2.24, 2.45) is 0 Å². The summed E-state index contributed by atoms with van der Waals surface area (Å²) >= 11 is 0. The first-order valence-corrected chi connectivity index (χ1v) is 37.2. The molecule has 0 aliphatic carbocycles. The van der Waals surface area contributed by atoms with Crippen molar-refractivity contribution >= 4 is 11.9 Å². The number of ether oxygens (including phenoxy) is 1. The summed E-state index contributed by atoms with van der Waals surface area (Å²) in [6, 6.07) is -0.541. The second-order valence-corrected chi connectivity index (χ2v) is 25.6. The Hall–Kier alpha value is -1.92. The van der Waals surface area contributed by atoms with Gasteiger partial charge in [-0.3, -0.25) is 9.59 Å². The Kier molecular flexibility index (Phi) is 69.9. The Bertz CT molecular complexity index is 1330. The number of hydrogen-bond donors (Lipinski definition) is 3. The van der Waals surface area contributed by atoms with Crippen molar-refractivity contribution in [2.45, 2.75) is 424 Å².